The van der Waals surface area contributed by atoms with E-state index in [0.717, 1.165) is 11.1 Å². The fraction of sp³-hybridized carbons (Fsp3) is 0.125. The first kappa shape index (κ1) is 22.6. The minimum Gasteiger partial charge on any atom is -0.320 e. The van der Waals surface area contributed by atoms with Gasteiger partial charge in [0.2, 0.25) is 0 Å². The molecule has 5 nitrogen and oxygen atoms in total. The van der Waals surface area contributed by atoms with Gasteiger partial charge < -0.3 is 5.32 Å². The van der Waals surface area contributed by atoms with E-state index in [1.54, 1.807) is 42.5 Å². The molecule has 0 fully saturated rings. The molecular weight excluding hydrogens is 432 g/mol. The first-order valence-corrected chi connectivity index (χ1v) is 11.4. The van der Waals surface area contributed by atoms with E-state index in [1.165, 1.54) is 22.5 Å². The van der Waals surface area contributed by atoms with Gasteiger partial charge in [0.05, 0.1) is 27.8 Å². The van der Waals surface area contributed by atoms with E-state index < -0.39 is 15.9 Å². The molecule has 31 heavy (non-hydrogen) atoms. The summed E-state index contributed by atoms with van der Waals surface area (Å²) in [7, 11) is -3.91. The Bertz CT molecular complexity index is 1200. The van der Waals surface area contributed by atoms with Gasteiger partial charge in [-0.25, -0.2) is 8.42 Å². The van der Waals surface area contributed by atoms with E-state index in [-0.39, 0.29) is 17.0 Å². The zero-order valence-electron chi connectivity index (χ0n) is 17.3. The lowest BCUT2D eigenvalue weighted by Crippen LogP contribution is -2.31. The Labute approximate surface area is 188 Å². The van der Waals surface area contributed by atoms with Crippen molar-refractivity contribution in [3.63, 3.8) is 0 Å². The molecule has 0 aliphatic carbocycles. The van der Waals surface area contributed by atoms with Crippen molar-refractivity contribution >= 4 is 38.9 Å². The zero-order chi connectivity index (χ0) is 22.6. The van der Waals surface area contributed by atoms with Gasteiger partial charge in [0, 0.05) is 5.56 Å². The number of hydrogen-bond donors (Lipinski definition) is 1. The number of rotatable bonds is 7. The molecule has 0 unspecified atom stereocenters. The minimum atomic E-state index is -3.91. The zero-order valence-corrected chi connectivity index (χ0v) is 18.9. The Morgan fingerprint density at radius 1 is 1.06 bits per heavy atom. The van der Waals surface area contributed by atoms with E-state index >= 15 is 0 Å². The molecule has 0 bridgehead atoms. The molecule has 0 spiro atoms. The summed E-state index contributed by atoms with van der Waals surface area (Å²) in [5.74, 6) is -0.444. The van der Waals surface area contributed by atoms with Crippen LogP contribution in [0.3, 0.4) is 0 Å². The second-order valence-electron chi connectivity index (χ2n) is 7.08. The Kier molecular flexibility index (Phi) is 6.83. The monoisotopic (exact) mass is 454 g/mol. The molecule has 0 saturated heterocycles. The predicted octanol–water partition coefficient (Wildman–Crippen LogP) is 5.59. The molecule has 3 aromatic carbocycles. The van der Waals surface area contributed by atoms with Crippen LogP contribution in [-0.4, -0.2) is 20.9 Å². The second kappa shape index (κ2) is 9.37. The lowest BCUT2D eigenvalue weighted by Gasteiger charge is -2.23. The van der Waals surface area contributed by atoms with Crippen molar-refractivity contribution in [2.45, 2.75) is 18.7 Å². The van der Waals surface area contributed by atoms with Gasteiger partial charge >= 0.3 is 0 Å². The van der Waals surface area contributed by atoms with Crippen molar-refractivity contribution in [1.29, 1.82) is 0 Å². The van der Waals surface area contributed by atoms with Crippen molar-refractivity contribution in [1.82, 2.24) is 0 Å². The molecule has 0 aromatic heterocycles. The highest BCUT2D eigenvalue weighted by molar-refractivity contribution is 7.92. The normalized spacial score (nSPS) is 11.1. The first-order chi connectivity index (χ1) is 14.7. The van der Waals surface area contributed by atoms with E-state index in [9.17, 15) is 13.2 Å². The Hall–Kier alpha value is -3.09. The molecular formula is C24H23ClN2O3S. The second-order valence-corrected chi connectivity index (χ2v) is 9.35. The summed E-state index contributed by atoms with van der Waals surface area (Å²) in [5, 5.41) is 3.22. The fourth-order valence-corrected chi connectivity index (χ4v) is 5.09. The maximum Gasteiger partial charge on any atom is 0.264 e. The third-order valence-corrected chi connectivity index (χ3v) is 6.78. The van der Waals surface area contributed by atoms with E-state index in [2.05, 4.69) is 11.9 Å². The summed E-state index contributed by atoms with van der Waals surface area (Å²) < 4.78 is 27.9. The van der Waals surface area contributed by atoms with Gasteiger partial charge in [0.15, 0.2) is 0 Å². The van der Waals surface area contributed by atoms with Crippen molar-refractivity contribution in [2.24, 2.45) is 0 Å². The van der Waals surface area contributed by atoms with Gasteiger partial charge in [-0.1, -0.05) is 48.0 Å². The van der Waals surface area contributed by atoms with Crippen molar-refractivity contribution in [2.75, 3.05) is 16.2 Å². The quantitative estimate of drug-likeness (QED) is 0.473. The van der Waals surface area contributed by atoms with E-state index in [4.69, 9.17) is 11.6 Å². The third-order valence-electron chi connectivity index (χ3n) is 4.69. The molecule has 7 heteroatoms. The number of aryl methyl sites for hydroxylation is 2. The smallest absolute Gasteiger partial charge is 0.264 e. The summed E-state index contributed by atoms with van der Waals surface area (Å²) >= 11 is 6.29. The van der Waals surface area contributed by atoms with Crippen LogP contribution in [0.1, 0.15) is 21.5 Å². The maximum atomic E-state index is 13.3. The number of carbonyl (C=O) groups excluding carboxylic acids is 1. The molecule has 1 amide bonds. The molecule has 0 heterocycles. The average Bonchev–Trinajstić information content (AvgIpc) is 2.75. The molecule has 0 radical (unpaired) electrons. The highest BCUT2D eigenvalue weighted by atomic mass is 35.5. The molecule has 1 N–H and O–H groups in total. The molecule has 3 rings (SSSR count). The Morgan fingerprint density at radius 2 is 1.77 bits per heavy atom. The molecule has 0 atom stereocenters. The number of anilines is 2. The number of nitrogens with one attached hydrogen (secondary N) is 1. The molecule has 160 valence electrons. The topological polar surface area (TPSA) is 66.5 Å². The summed E-state index contributed by atoms with van der Waals surface area (Å²) in [4.78, 5) is 12.9. The fourth-order valence-electron chi connectivity index (χ4n) is 3.24. The van der Waals surface area contributed by atoms with Gasteiger partial charge in [0.1, 0.15) is 0 Å². The van der Waals surface area contributed by atoms with Crippen LogP contribution < -0.4 is 9.62 Å². The van der Waals surface area contributed by atoms with Gasteiger partial charge in [-0.15, -0.1) is 6.58 Å². The SMILES string of the molecule is C=CCN(c1ccccc1)S(=O)(=O)c1cccc(C(=O)Nc2c(C)cc(C)cc2Cl)c1. The third kappa shape index (κ3) is 4.98. The molecule has 0 saturated carbocycles. The summed E-state index contributed by atoms with van der Waals surface area (Å²) in [6.45, 7) is 7.53. The predicted molar refractivity (Wildman–Crippen MR) is 126 cm³/mol. The lowest BCUT2D eigenvalue weighted by molar-refractivity contribution is 0.102. The van der Waals surface area contributed by atoms with Crippen molar-refractivity contribution in [3.05, 3.63) is 101 Å². The van der Waals surface area contributed by atoms with Crippen LogP contribution in [0.25, 0.3) is 0 Å². The van der Waals surface area contributed by atoms with Gasteiger partial charge in [0.25, 0.3) is 15.9 Å². The Morgan fingerprint density at radius 3 is 2.42 bits per heavy atom. The number of benzene rings is 3. The largest absolute Gasteiger partial charge is 0.320 e. The number of halogens is 1. The van der Waals surface area contributed by atoms with Crippen molar-refractivity contribution in [3.8, 4) is 0 Å². The summed E-state index contributed by atoms with van der Waals surface area (Å²) in [6, 6.07) is 18.4. The summed E-state index contributed by atoms with van der Waals surface area (Å²) in [5.41, 5.74) is 3.03. The van der Waals surface area contributed by atoms with Crippen molar-refractivity contribution < 1.29 is 13.2 Å². The van der Waals surface area contributed by atoms with E-state index in [0.29, 0.717) is 16.4 Å². The van der Waals surface area contributed by atoms with Crippen LogP contribution in [0.2, 0.25) is 5.02 Å². The highest BCUT2D eigenvalue weighted by Gasteiger charge is 2.25. The van der Waals surface area contributed by atoms with Gasteiger partial charge in [-0.05, 0) is 61.4 Å². The van der Waals surface area contributed by atoms with Gasteiger partial charge in [-0.2, -0.15) is 0 Å². The number of nitrogens with zero attached hydrogens (tertiary/aromatic N) is 1. The lowest BCUT2D eigenvalue weighted by atomic mass is 10.1. The van der Waals surface area contributed by atoms with Crippen LogP contribution in [0.4, 0.5) is 11.4 Å². The number of amides is 1. The van der Waals surface area contributed by atoms with Gasteiger partial charge in [-0.3, -0.25) is 9.10 Å². The minimum absolute atomic E-state index is 0.0116. The van der Waals surface area contributed by atoms with E-state index in [1.807, 2.05) is 26.0 Å². The maximum absolute atomic E-state index is 13.3. The van der Waals surface area contributed by atoms with Crippen LogP contribution >= 0.6 is 11.6 Å². The number of sulfonamides is 1. The highest BCUT2D eigenvalue weighted by Crippen LogP contribution is 2.28. The number of para-hydroxylation sites is 1. The number of hydrogen-bond acceptors (Lipinski definition) is 3. The van der Waals surface area contributed by atoms with Crippen LogP contribution in [0, 0.1) is 13.8 Å². The molecule has 0 aliphatic rings. The average molecular weight is 455 g/mol. The molecule has 0 aliphatic heterocycles. The molecule has 3 aromatic rings. The van der Waals surface area contributed by atoms with Crippen LogP contribution in [0.5, 0.6) is 0 Å². The van der Waals surface area contributed by atoms with Crippen LogP contribution in [0.15, 0.2) is 84.3 Å². The summed E-state index contributed by atoms with van der Waals surface area (Å²) in [6.07, 6.45) is 1.52. The Balaban J connectivity index is 1.95. The standard InChI is InChI=1S/C24H23ClN2O3S/c1-4-13-27(20-10-6-5-7-11-20)31(29,30)21-12-8-9-19(16-21)24(28)26-23-18(3)14-17(2)15-22(23)25/h4-12,14-16H,1,13H2,2-3H3,(H,26,28). The van der Waals surface area contributed by atoms with Crippen LogP contribution in [-0.2, 0) is 10.0 Å². The first-order valence-electron chi connectivity index (χ1n) is 9.61. The number of carbonyl (C=O) groups is 1.